The van der Waals surface area contributed by atoms with Gasteiger partial charge in [-0.2, -0.15) is 0 Å². The summed E-state index contributed by atoms with van der Waals surface area (Å²) in [5.41, 5.74) is 7.49. The Balaban J connectivity index is 1.78. The molecule has 1 aromatic heterocycles. The number of carbonyl (C=O) groups excluding carboxylic acids is 2. The van der Waals surface area contributed by atoms with Crippen LogP contribution in [0.5, 0.6) is 5.75 Å². The first kappa shape index (κ1) is 19.1. The van der Waals surface area contributed by atoms with Gasteiger partial charge in [-0.3, -0.25) is 9.59 Å². The lowest BCUT2D eigenvalue weighted by Crippen LogP contribution is -2.16. The number of anilines is 1. The molecule has 0 unspecified atom stereocenters. The lowest BCUT2D eigenvalue weighted by atomic mass is 10.1. The first-order valence-electron chi connectivity index (χ1n) is 8.76. The number of ether oxygens (including phenoxy) is 1. The van der Waals surface area contributed by atoms with Crippen LogP contribution in [0.25, 0.3) is 6.08 Å². The van der Waals surface area contributed by atoms with E-state index in [1.54, 1.807) is 6.07 Å². The van der Waals surface area contributed by atoms with Gasteiger partial charge >= 0.3 is 0 Å². The molecule has 2 amide bonds. The number of nitrogens with one attached hydrogen (secondary N) is 1. The van der Waals surface area contributed by atoms with Gasteiger partial charge < -0.3 is 15.8 Å². The van der Waals surface area contributed by atoms with E-state index in [9.17, 15) is 14.0 Å². The Morgan fingerprint density at radius 3 is 2.74 bits per heavy atom. The molecule has 1 heterocycles. The summed E-state index contributed by atoms with van der Waals surface area (Å²) in [6.07, 6.45) is 7.72. The Morgan fingerprint density at radius 2 is 2.04 bits per heavy atom. The van der Waals surface area contributed by atoms with E-state index in [0.717, 1.165) is 42.5 Å². The fourth-order valence-electron chi connectivity index (χ4n) is 3.20. The summed E-state index contributed by atoms with van der Waals surface area (Å²) in [5, 5.41) is 3.24. The van der Waals surface area contributed by atoms with Gasteiger partial charge in [-0.25, -0.2) is 4.39 Å². The van der Waals surface area contributed by atoms with Gasteiger partial charge in [-0.05, 0) is 55.0 Å². The number of rotatable bonds is 5. The van der Waals surface area contributed by atoms with Crippen LogP contribution >= 0.6 is 11.3 Å². The molecule has 1 aliphatic carbocycles. The highest BCUT2D eigenvalue weighted by Crippen LogP contribution is 2.37. The van der Waals surface area contributed by atoms with E-state index in [1.807, 2.05) is 0 Å². The van der Waals surface area contributed by atoms with Gasteiger partial charge in [0, 0.05) is 11.0 Å². The Labute approximate surface area is 161 Å². The molecule has 3 N–H and O–H groups in total. The third-order valence-electron chi connectivity index (χ3n) is 4.51. The molecule has 3 rings (SSSR count). The zero-order valence-corrected chi connectivity index (χ0v) is 15.8. The number of aryl methyl sites for hydroxylation is 1. The van der Waals surface area contributed by atoms with Crippen molar-refractivity contribution < 1.29 is 18.7 Å². The van der Waals surface area contributed by atoms with Crippen molar-refractivity contribution in [3.8, 4) is 5.75 Å². The van der Waals surface area contributed by atoms with Gasteiger partial charge in [0.25, 0.3) is 5.91 Å². The number of hydrogen-bond donors (Lipinski definition) is 2. The SMILES string of the molecule is COc1ccc(/C=C/C(=O)Nc2sc3c(c2C(N)=O)CCCCC3)cc1F. The molecule has 0 saturated carbocycles. The number of halogens is 1. The zero-order valence-electron chi connectivity index (χ0n) is 15.0. The summed E-state index contributed by atoms with van der Waals surface area (Å²) in [7, 11) is 1.39. The van der Waals surface area contributed by atoms with Crippen LogP contribution in [0.1, 0.15) is 45.6 Å². The smallest absolute Gasteiger partial charge is 0.251 e. The van der Waals surface area contributed by atoms with E-state index < -0.39 is 17.6 Å². The quantitative estimate of drug-likeness (QED) is 0.602. The minimum Gasteiger partial charge on any atom is -0.494 e. The van der Waals surface area contributed by atoms with Crippen LogP contribution in [0.2, 0.25) is 0 Å². The molecule has 0 radical (unpaired) electrons. The summed E-state index contributed by atoms with van der Waals surface area (Å²) in [6, 6.07) is 4.42. The lowest BCUT2D eigenvalue weighted by molar-refractivity contribution is -0.111. The standard InChI is InChI=1S/C20H21FN2O3S/c1-26-15-9-7-12(11-14(15)21)8-10-17(24)23-20-18(19(22)25)13-5-3-2-4-6-16(13)27-20/h7-11H,2-6H2,1H3,(H2,22,25)(H,23,24)/b10-8+. The molecule has 5 nitrogen and oxygen atoms in total. The molecular formula is C20H21FN2O3S. The molecular weight excluding hydrogens is 367 g/mol. The maximum absolute atomic E-state index is 13.7. The second kappa shape index (κ2) is 8.35. The molecule has 1 aromatic carbocycles. The predicted molar refractivity (Wildman–Crippen MR) is 105 cm³/mol. The van der Waals surface area contributed by atoms with Crippen molar-refractivity contribution in [3.63, 3.8) is 0 Å². The summed E-state index contributed by atoms with van der Waals surface area (Å²) in [6.45, 7) is 0. The van der Waals surface area contributed by atoms with Crippen LogP contribution in [0.3, 0.4) is 0 Å². The lowest BCUT2D eigenvalue weighted by Gasteiger charge is -2.04. The third-order valence-corrected chi connectivity index (χ3v) is 5.71. The predicted octanol–water partition coefficient (Wildman–Crippen LogP) is 3.92. The van der Waals surface area contributed by atoms with Crippen molar-refractivity contribution in [2.45, 2.75) is 32.1 Å². The molecule has 0 atom stereocenters. The van der Waals surface area contributed by atoms with Crippen LogP contribution < -0.4 is 15.8 Å². The highest BCUT2D eigenvalue weighted by atomic mass is 32.1. The topological polar surface area (TPSA) is 81.4 Å². The van der Waals surface area contributed by atoms with Gasteiger partial charge in [0.1, 0.15) is 5.00 Å². The minimum atomic E-state index is -0.522. The van der Waals surface area contributed by atoms with E-state index in [2.05, 4.69) is 5.32 Å². The zero-order chi connectivity index (χ0) is 19.4. The maximum atomic E-state index is 13.7. The van der Waals surface area contributed by atoms with Gasteiger partial charge in [0.15, 0.2) is 11.6 Å². The highest BCUT2D eigenvalue weighted by Gasteiger charge is 2.23. The van der Waals surface area contributed by atoms with Crippen LogP contribution in [-0.2, 0) is 17.6 Å². The van der Waals surface area contributed by atoms with E-state index in [-0.39, 0.29) is 5.75 Å². The molecule has 0 saturated heterocycles. The molecule has 0 aliphatic heterocycles. The summed E-state index contributed by atoms with van der Waals surface area (Å²) in [4.78, 5) is 25.3. The molecule has 7 heteroatoms. The number of benzene rings is 1. The van der Waals surface area contributed by atoms with Gasteiger partial charge in [-0.15, -0.1) is 11.3 Å². The monoisotopic (exact) mass is 388 g/mol. The largest absolute Gasteiger partial charge is 0.494 e. The fraction of sp³-hybridized carbons (Fsp3) is 0.300. The number of amides is 2. The molecule has 27 heavy (non-hydrogen) atoms. The Hall–Kier alpha value is -2.67. The second-order valence-corrected chi connectivity index (χ2v) is 7.45. The first-order valence-corrected chi connectivity index (χ1v) is 9.58. The van der Waals surface area contributed by atoms with Crippen LogP contribution in [0, 0.1) is 5.82 Å². The van der Waals surface area contributed by atoms with E-state index in [1.165, 1.54) is 42.7 Å². The van der Waals surface area contributed by atoms with Crippen molar-refractivity contribution in [1.29, 1.82) is 0 Å². The van der Waals surface area contributed by atoms with Crippen molar-refractivity contribution in [3.05, 3.63) is 51.7 Å². The molecule has 0 fully saturated rings. The number of primary amides is 1. The van der Waals surface area contributed by atoms with Crippen molar-refractivity contribution in [1.82, 2.24) is 0 Å². The maximum Gasteiger partial charge on any atom is 0.251 e. The van der Waals surface area contributed by atoms with E-state index in [0.29, 0.717) is 16.1 Å². The Kier molecular flexibility index (Phi) is 5.91. The molecule has 0 bridgehead atoms. The molecule has 2 aromatic rings. The average Bonchev–Trinajstić information content (AvgIpc) is 2.81. The number of fused-ring (bicyclic) bond motifs is 1. The number of carbonyl (C=O) groups is 2. The van der Waals surface area contributed by atoms with Gasteiger partial charge in [-0.1, -0.05) is 12.5 Å². The molecule has 142 valence electrons. The van der Waals surface area contributed by atoms with Crippen LogP contribution in [0.4, 0.5) is 9.39 Å². The van der Waals surface area contributed by atoms with E-state index in [4.69, 9.17) is 10.5 Å². The third kappa shape index (κ3) is 4.36. The average molecular weight is 388 g/mol. The highest BCUT2D eigenvalue weighted by molar-refractivity contribution is 7.17. The normalized spacial score (nSPS) is 13.9. The number of methoxy groups -OCH3 is 1. The van der Waals surface area contributed by atoms with Crippen LogP contribution in [0.15, 0.2) is 24.3 Å². The molecule has 0 spiro atoms. The van der Waals surface area contributed by atoms with Crippen LogP contribution in [-0.4, -0.2) is 18.9 Å². The summed E-state index contributed by atoms with van der Waals surface area (Å²) >= 11 is 1.42. The number of thiophene rings is 1. The van der Waals surface area contributed by atoms with Gasteiger partial charge in [0.05, 0.1) is 12.7 Å². The Bertz CT molecular complexity index is 905. The summed E-state index contributed by atoms with van der Waals surface area (Å²) in [5.74, 6) is -1.28. The number of hydrogen-bond acceptors (Lipinski definition) is 4. The molecule has 1 aliphatic rings. The van der Waals surface area contributed by atoms with Crippen molar-refractivity contribution >= 4 is 34.2 Å². The van der Waals surface area contributed by atoms with Crippen molar-refractivity contribution in [2.75, 3.05) is 12.4 Å². The fourth-order valence-corrected chi connectivity index (χ4v) is 4.50. The number of nitrogens with two attached hydrogens (primary N) is 1. The van der Waals surface area contributed by atoms with E-state index >= 15 is 0 Å². The second-order valence-electron chi connectivity index (χ2n) is 6.35. The summed E-state index contributed by atoms with van der Waals surface area (Å²) < 4.78 is 18.6. The van der Waals surface area contributed by atoms with Crippen molar-refractivity contribution in [2.24, 2.45) is 5.73 Å². The van der Waals surface area contributed by atoms with Gasteiger partial charge in [0.2, 0.25) is 5.91 Å². The Morgan fingerprint density at radius 1 is 1.26 bits per heavy atom. The minimum absolute atomic E-state index is 0.141. The first-order chi connectivity index (χ1) is 13.0.